The predicted molar refractivity (Wildman–Crippen MR) is 181 cm³/mol. The van der Waals surface area contributed by atoms with Gasteiger partial charge in [0, 0.05) is 26.1 Å². The average Bonchev–Trinajstić information content (AvgIpc) is 3.52. The molecule has 0 saturated carbocycles. The van der Waals surface area contributed by atoms with Crippen LogP contribution >= 0.6 is 0 Å². The Morgan fingerprint density at radius 1 is 0.898 bits per heavy atom. The first-order valence-electron chi connectivity index (χ1n) is 16.6. The number of hydrogen-bond acceptors (Lipinski definition) is 10. The van der Waals surface area contributed by atoms with Crippen molar-refractivity contribution < 1.29 is 46.3 Å². The normalized spacial score (nSPS) is 19.0. The molecule has 2 aliphatic heterocycles. The number of piperazine rings is 1. The molecule has 13 nitrogen and oxygen atoms in total. The zero-order valence-corrected chi connectivity index (χ0v) is 30.2. The van der Waals surface area contributed by atoms with Crippen molar-refractivity contribution in [3.8, 4) is 5.75 Å². The lowest BCUT2D eigenvalue weighted by molar-refractivity contribution is -0.787. The molecule has 2 aromatic carbocycles. The van der Waals surface area contributed by atoms with E-state index in [-0.39, 0.29) is 36.7 Å². The van der Waals surface area contributed by atoms with Gasteiger partial charge in [0.15, 0.2) is 0 Å². The van der Waals surface area contributed by atoms with Crippen molar-refractivity contribution >= 4 is 34.1 Å². The van der Waals surface area contributed by atoms with Crippen LogP contribution in [0.2, 0.25) is 0 Å². The lowest BCUT2D eigenvalue weighted by Gasteiger charge is -2.35. The fourth-order valence-electron chi connectivity index (χ4n) is 5.65. The van der Waals surface area contributed by atoms with Crippen molar-refractivity contribution in [1.29, 1.82) is 0 Å². The van der Waals surface area contributed by atoms with Gasteiger partial charge in [-0.25, -0.2) is 13.2 Å². The molecule has 0 radical (unpaired) electrons. The topological polar surface area (TPSA) is 157 Å². The number of carbonyl (C=O) groups excluding carboxylic acids is 4. The zero-order chi connectivity index (χ0) is 36.2. The number of carbonyl (C=O) groups is 4. The Bertz CT molecular complexity index is 1620. The van der Waals surface area contributed by atoms with E-state index in [0.717, 1.165) is 5.56 Å². The molecule has 14 heteroatoms. The summed E-state index contributed by atoms with van der Waals surface area (Å²) < 4.78 is 44.4. The molecule has 2 aromatic rings. The van der Waals surface area contributed by atoms with E-state index in [1.165, 1.54) is 16.4 Å². The van der Waals surface area contributed by atoms with Crippen LogP contribution in [0.5, 0.6) is 5.75 Å². The molecular weight excluding hydrogens is 652 g/mol. The summed E-state index contributed by atoms with van der Waals surface area (Å²) in [5, 5.41) is 5.90. The molecule has 2 aliphatic rings. The molecule has 0 bridgehead atoms. The Labute approximate surface area is 288 Å². The Morgan fingerprint density at radius 2 is 1.49 bits per heavy atom. The van der Waals surface area contributed by atoms with Gasteiger partial charge in [0.25, 0.3) is 0 Å². The van der Waals surface area contributed by atoms with Gasteiger partial charge < -0.3 is 24.8 Å². The summed E-state index contributed by atoms with van der Waals surface area (Å²) >= 11 is 0. The highest BCUT2D eigenvalue weighted by Crippen LogP contribution is 2.27. The Hall–Kier alpha value is -3.85. The van der Waals surface area contributed by atoms with Crippen molar-refractivity contribution in [2.75, 3.05) is 32.7 Å². The smallest absolute Gasteiger partial charge is 0.458 e. The maximum Gasteiger partial charge on any atom is 0.532 e. The lowest BCUT2D eigenvalue weighted by Crippen LogP contribution is -2.66. The number of aryl methyl sites for hydroxylation is 1. The number of amides is 3. The number of esters is 1. The number of ether oxygens (including phenoxy) is 3. The molecule has 0 unspecified atom stereocenters. The highest BCUT2D eigenvalue weighted by Gasteiger charge is 2.51. The highest BCUT2D eigenvalue weighted by atomic mass is 32.2. The first-order chi connectivity index (χ1) is 22.8. The van der Waals surface area contributed by atoms with Crippen LogP contribution in [-0.2, 0) is 35.5 Å². The van der Waals surface area contributed by atoms with Crippen LogP contribution in [0.4, 0.5) is 9.59 Å². The lowest BCUT2D eigenvalue weighted by atomic mass is 10.0. The summed E-state index contributed by atoms with van der Waals surface area (Å²) in [7, 11) is -3.95. The van der Waals surface area contributed by atoms with E-state index in [1.54, 1.807) is 77.9 Å². The maximum absolute atomic E-state index is 13.6. The van der Waals surface area contributed by atoms with Gasteiger partial charge in [0.2, 0.25) is 15.9 Å². The standard InChI is InChI=1S/C35H48N4O9S/c1-24-10-16-27(17-11-24)49(44,45)38-20-8-9-29(38)30(40)37-28(31(41)47-34(2,3)4)23-25-12-14-26(15-13-25)46-32(42)39(21-18-36-19-22-39)33(43)48-35(5,6)7/h10-17,28-29,36H,8-9,18-23H2,1-7H3/p+1/t28-,29-/m0/s1. The van der Waals surface area contributed by atoms with E-state index >= 15 is 0 Å². The molecule has 2 fully saturated rings. The molecule has 0 spiro atoms. The molecule has 2 atom stereocenters. The molecule has 49 heavy (non-hydrogen) atoms. The van der Waals surface area contributed by atoms with Crippen LogP contribution in [-0.4, -0.2) is 97.3 Å². The molecule has 2 saturated heterocycles. The minimum absolute atomic E-state index is 0.0237. The van der Waals surface area contributed by atoms with Crippen molar-refractivity contribution in [3.63, 3.8) is 0 Å². The van der Waals surface area contributed by atoms with E-state index in [2.05, 4.69) is 10.6 Å². The summed E-state index contributed by atoms with van der Waals surface area (Å²) in [6.07, 6.45) is -0.624. The Balaban J connectivity index is 1.50. The third-order valence-electron chi connectivity index (χ3n) is 8.14. The summed E-state index contributed by atoms with van der Waals surface area (Å²) in [6, 6.07) is 10.7. The molecule has 268 valence electrons. The second-order valence-electron chi connectivity index (χ2n) is 14.5. The minimum atomic E-state index is -3.95. The number of nitrogens with zero attached hydrogens (tertiary/aromatic N) is 2. The minimum Gasteiger partial charge on any atom is -0.458 e. The SMILES string of the molecule is Cc1ccc(S(=O)(=O)N2CCC[C@H]2C(=O)N[C@@H](Cc2ccc(OC(=O)[N+]3(C(=O)OC(C)(C)C)CCNCC3)cc2)C(=O)OC(C)(C)C)cc1. The fourth-order valence-corrected chi connectivity index (χ4v) is 7.31. The van der Waals surface area contributed by atoms with Gasteiger partial charge in [0.05, 0.1) is 4.90 Å². The van der Waals surface area contributed by atoms with Crippen molar-refractivity contribution in [2.45, 2.75) is 95.9 Å². The molecular formula is C35H49N4O9S+. The van der Waals surface area contributed by atoms with Gasteiger partial charge in [-0.15, -0.1) is 4.48 Å². The second-order valence-corrected chi connectivity index (χ2v) is 16.4. The van der Waals surface area contributed by atoms with Gasteiger partial charge in [-0.05, 0) is 91.1 Å². The van der Waals surface area contributed by atoms with Gasteiger partial charge in [-0.2, -0.15) is 13.9 Å². The summed E-state index contributed by atoms with van der Waals surface area (Å²) in [4.78, 5) is 53.6. The molecule has 2 heterocycles. The van der Waals surface area contributed by atoms with Crippen molar-refractivity contribution in [2.24, 2.45) is 0 Å². The number of quaternary nitrogens is 1. The average molecular weight is 702 g/mol. The van der Waals surface area contributed by atoms with Gasteiger partial charge in [-0.3, -0.25) is 4.79 Å². The van der Waals surface area contributed by atoms with Crippen molar-refractivity contribution in [1.82, 2.24) is 14.9 Å². The van der Waals surface area contributed by atoms with Crippen LogP contribution < -0.4 is 15.4 Å². The number of imide groups is 1. The first kappa shape index (κ1) is 38.0. The number of sulfonamides is 1. The number of nitrogens with one attached hydrogen (secondary N) is 2. The van der Waals surface area contributed by atoms with Gasteiger partial charge in [-0.1, -0.05) is 29.8 Å². The third-order valence-corrected chi connectivity index (χ3v) is 10.1. The van der Waals surface area contributed by atoms with E-state index in [1.807, 2.05) is 6.92 Å². The van der Waals surface area contributed by atoms with Crippen molar-refractivity contribution in [3.05, 3.63) is 59.7 Å². The zero-order valence-electron chi connectivity index (χ0n) is 29.4. The number of rotatable bonds is 8. The molecule has 0 aromatic heterocycles. The van der Waals surface area contributed by atoms with E-state index in [4.69, 9.17) is 14.2 Å². The van der Waals surface area contributed by atoms with Crippen LogP contribution in [0.3, 0.4) is 0 Å². The Morgan fingerprint density at radius 3 is 2.06 bits per heavy atom. The molecule has 4 rings (SSSR count). The largest absolute Gasteiger partial charge is 0.532 e. The van der Waals surface area contributed by atoms with E-state index in [9.17, 15) is 27.6 Å². The first-order valence-corrected chi connectivity index (χ1v) is 18.0. The van der Waals surface area contributed by atoms with Gasteiger partial charge >= 0.3 is 18.2 Å². The monoisotopic (exact) mass is 701 g/mol. The summed E-state index contributed by atoms with van der Waals surface area (Å²) in [6.45, 7) is 13.6. The third kappa shape index (κ3) is 9.65. The van der Waals surface area contributed by atoms with Crippen LogP contribution in [0.1, 0.15) is 65.5 Å². The van der Waals surface area contributed by atoms with Gasteiger partial charge in [0.1, 0.15) is 42.1 Å². The number of benzene rings is 2. The second kappa shape index (κ2) is 15.0. The Kier molecular flexibility index (Phi) is 11.6. The maximum atomic E-state index is 13.6. The highest BCUT2D eigenvalue weighted by molar-refractivity contribution is 7.89. The van der Waals surface area contributed by atoms with E-state index < -0.39 is 61.9 Å². The predicted octanol–water partition coefficient (Wildman–Crippen LogP) is 4.07. The quantitative estimate of drug-likeness (QED) is 0.304. The number of hydrogen-bond donors (Lipinski definition) is 2. The van der Waals surface area contributed by atoms with Crippen LogP contribution in [0.15, 0.2) is 53.4 Å². The summed E-state index contributed by atoms with van der Waals surface area (Å²) in [5.74, 6) is -1.08. The fraction of sp³-hybridized carbons (Fsp3) is 0.543. The van der Waals surface area contributed by atoms with E-state index in [0.29, 0.717) is 31.5 Å². The van der Waals surface area contributed by atoms with Crippen LogP contribution in [0, 0.1) is 6.92 Å². The van der Waals surface area contributed by atoms with Crippen LogP contribution in [0.25, 0.3) is 0 Å². The molecule has 0 aliphatic carbocycles. The molecule has 2 N–H and O–H groups in total. The molecule has 3 amide bonds. The summed E-state index contributed by atoms with van der Waals surface area (Å²) in [5.41, 5.74) is -0.111.